The summed E-state index contributed by atoms with van der Waals surface area (Å²) in [6.07, 6.45) is 5.09. The first-order chi connectivity index (χ1) is 14.3. The van der Waals surface area contributed by atoms with Crippen LogP contribution in [0.2, 0.25) is 0 Å². The van der Waals surface area contributed by atoms with Crippen LogP contribution in [-0.2, 0) is 4.79 Å². The molecule has 2 N–H and O–H groups in total. The predicted octanol–water partition coefficient (Wildman–Crippen LogP) is 3.26. The normalized spacial score (nSPS) is 14.2. The summed E-state index contributed by atoms with van der Waals surface area (Å²) >= 11 is 0. The second-order valence-corrected chi connectivity index (χ2v) is 6.67. The number of carbonyl (C=O) groups excluding carboxylic acids is 1. The fourth-order valence-corrected chi connectivity index (χ4v) is 3.70. The van der Waals surface area contributed by atoms with Crippen LogP contribution in [0, 0.1) is 0 Å². The number of aliphatic hydroxyl groups excluding tert-OH is 1. The summed E-state index contributed by atoms with van der Waals surface area (Å²) in [5, 5.41) is 24.9. The van der Waals surface area contributed by atoms with Gasteiger partial charge in [0.15, 0.2) is 0 Å². The van der Waals surface area contributed by atoms with Crippen LogP contribution in [0.15, 0.2) is 48.8 Å². The van der Waals surface area contributed by atoms with Gasteiger partial charge in [-0.2, -0.15) is 15.3 Å². The first kappa shape index (κ1) is 20.7. The lowest BCUT2D eigenvalue weighted by Crippen LogP contribution is -2.39. The van der Waals surface area contributed by atoms with Crippen molar-refractivity contribution in [3.8, 4) is 22.4 Å². The lowest BCUT2D eigenvalue weighted by Gasteiger charge is -2.31. The van der Waals surface area contributed by atoms with E-state index in [1.54, 1.807) is 17.3 Å². The molecule has 0 spiro atoms. The second-order valence-electron chi connectivity index (χ2n) is 6.67. The maximum Gasteiger partial charge on any atom is 0.248 e. The smallest absolute Gasteiger partial charge is 0.248 e. The molecule has 0 atom stereocenters. The van der Waals surface area contributed by atoms with Crippen molar-refractivity contribution in [3.63, 3.8) is 0 Å². The van der Waals surface area contributed by atoms with E-state index in [0.29, 0.717) is 13.1 Å². The largest absolute Gasteiger partial charge is 0.387 e. The summed E-state index contributed by atoms with van der Waals surface area (Å²) < 4.78 is 0. The Balaban J connectivity index is 0.00000117. The zero-order valence-electron chi connectivity index (χ0n) is 16.9. The lowest BCUT2D eigenvalue weighted by atomic mass is 9.88. The maximum absolute atomic E-state index is 11.7. The van der Waals surface area contributed by atoms with Crippen LogP contribution in [0.4, 0.5) is 0 Å². The summed E-state index contributed by atoms with van der Waals surface area (Å²) in [6.45, 7) is 4.84. The Morgan fingerprint density at radius 2 is 1.83 bits per heavy atom. The number of aliphatic hydroxyl groups is 1. The second kappa shape index (κ2) is 9.93. The molecular weight excluding hydrogens is 366 g/mol. The number of amides is 1. The van der Waals surface area contributed by atoms with Gasteiger partial charge in [0.2, 0.25) is 5.91 Å². The Morgan fingerprint density at radius 3 is 2.45 bits per heavy atom. The number of aromatic amines is 1. The molecule has 0 aliphatic carbocycles. The molecule has 29 heavy (non-hydrogen) atoms. The number of piperidine rings is 1. The zero-order valence-corrected chi connectivity index (χ0v) is 16.9. The molecule has 1 fully saturated rings. The Morgan fingerprint density at radius 1 is 1.10 bits per heavy atom. The van der Waals surface area contributed by atoms with E-state index < -0.39 is 6.61 Å². The van der Waals surface area contributed by atoms with Crippen LogP contribution in [0.5, 0.6) is 0 Å². The van der Waals surface area contributed by atoms with Gasteiger partial charge in [-0.1, -0.05) is 44.2 Å². The van der Waals surface area contributed by atoms with Crippen molar-refractivity contribution in [1.29, 1.82) is 0 Å². The molecule has 152 valence electrons. The van der Waals surface area contributed by atoms with E-state index in [1.807, 2.05) is 50.2 Å². The highest BCUT2D eigenvalue weighted by Gasteiger charge is 2.28. The molecule has 1 saturated heterocycles. The molecule has 2 aromatic heterocycles. The monoisotopic (exact) mass is 393 g/mol. The summed E-state index contributed by atoms with van der Waals surface area (Å²) in [7, 11) is 0. The van der Waals surface area contributed by atoms with Crippen molar-refractivity contribution < 1.29 is 9.90 Å². The van der Waals surface area contributed by atoms with Crippen molar-refractivity contribution in [2.75, 3.05) is 19.7 Å². The molecule has 0 unspecified atom stereocenters. The quantitative estimate of drug-likeness (QED) is 0.709. The number of H-pyrrole nitrogens is 1. The standard InChI is InChI=1S/C20H21N5O2.C2H6/c26-13-17(27)25-10-7-15(8-11-25)20-18(16-6-9-21-22-12-16)19(23-24-20)14-4-2-1-3-5-14;1-2/h1-6,9,12,15,26H,7-8,10-11,13H2,(H,23,24);1-2H3. The number of aromatic nitrogens is 4. The highest BCUT2D eigenvalue weighted by atomic mass is 16.3. The summed E-state index contributed by atoms with van der Waals surface area (Å²) in [6, 6.07) is 12.0. The van der Waals surface area contributed by atoms with Gasteiger partial charge in [-0.25, -0.2) is 0 Å². The third-order valence-corrected chi connectivity index (χ3v) is 5.11. The van der Waals surface area contributed by atoms with E-state index in [2.05, 4.69) is 20.4 Å². The maximum atomic E-state index is 11.7. The minimum Gasteiger partial charge on any atom is -0.387 e. The average Bonchev–Trinajstić information content (AvgIpc) is 3.26. The van der Waals surface area contributed by atoms with E-state index in [9.17, 15) is 4.79 Å². The third kappa shape index (κ3) is 4.51. The van der Waals surface area contributed by atoms with Crippen LogP contribution in [0.25, 0.3) is 22.4 Å². The van der Waals surface area contributed by atoms with Crippen LogP contribution < -0.4 is 0 Å². The molecule has 3 heterocycles. The molecule has 0 saturated carbocycles. The number of carbonyl (C=O) groups is 1. The highest BCUT2D eigenvalue weighted by molar-refractivity contribution is 5.82. The van der Waals surface area contributed by atoms with Gasteiger partial charge in [0.05, 0.1) is 12.4 Å². The van der Waals surface area contributed by atoms with Gasteiger partial charge < -0.3 is 10.0 Å². The van der Waals surface area contributed by atoms with Gasteiger partial charge in [-0.3, -0.25) is 9.89 Å². The molecule has 1 aromatic carbocycles. The summed E-state index contributed by atoms with van der Waals surface area (Å²) in [4.78, 5) is 13.4. The molecule has 4 rings (SSSR count). The van der Waals surface area contributed by atoms with Gasteiger partial charge >= 0.3 is 0 Å². The molecule has 3 aromatic rings. The fraction of sp³-hybridized carbons (Fsp3) is 0.364. The van der Waals surface area contributed by atoms with E-state index in [-0.39, 0.29) is 11.8 Å². The van der Waals surface area contributed by atoms with Gasteiger partial charge in [0, 0.05) is 41.4 Å². The van der Waals surface area contributed by atoms with Crippen molar-refractivity contribution in [2.24, 2.45) is 0 Å². The molecule has 1 amide bonds. The molecular formula is C22H27N5O2. The van der Waals surface area contributed by atoms with Crippen molar-refractivity contribution in [1.82, 2.24) is 25.3 Å². The van der Waals surface area contributed by atoms with Crippen LogP contribution >= 0.6 is 0 Å². The minimum atomic E-state index is -0.430. The van der Waals surface area contributed by atoms with Crippen LogP contribution in [-0.4, -0.2) is 56.0 Å². The Bertz CT molecular complexity index is 903. The van der Waals surface area contributed by atoms with Crippen LogP contribution in [0.3, 0.4) is 0 Å². The number of hydrogen-bond donors (Lipinski definition) is 2. The van der Waals surface area contributed by atoms with E-state index in [4.69, 9.17) is 5.11 Å². The SMILES string of the molecule is CC.O=C(CO)N1CCC(c2[nH]nc(-c3ccccc3)c2-c2ccnnc2)CC1. The number of likely N-dealkylation sites (tertiary alicyclic amines) is 1. The van der Waals surface area contributed by atoms with E-state index in [0.717, 1.165) is 40.9 Å². The first-order valence-corrected chi connectivity index (χ1v) is 10.1. The molecule has 7 nitrogen and oxygen atoms in total. The summed E-state index contributed by atoms with van der Waals surface area (Å²) in [5.74, 6) is 0.0578. The number of nitrogens with zero attached hydrogens (tertiary/aromatic N) is 4. The number of hydrogen-bond acceptors (Lipinski definition) is 5. The predicted molar refractivity (Wildman–Crippen MR) is 112 cm³/mol. The molecule has 7 heteroatoms. The fourth-order valence-electron chi connectivity index (χ4n) is 3.70. The lowest BCUT2D eigenvalue weighted by molar-refractivity contribution is -0.135. The van der Waals surface area contributed by atoms with Gasteiger partial charge in [0.25, 0.3) is 0 Å². The van der Waals surface area contributed by atoms with Gasteiger partial charge in [-0.15, -0.1) is 0 Å². The van der Waals surface area contributed by atoms with Crippen molar-refractivity contribution >= 4 is 5.91 Å². The Hall–Kier alpha value is -3.06. The third-order valence-electron chi connectivity index (χ3n) is 5.11. The van der Waals surface area contributed by atoms with Gasteiger partial charge in [0.1, 0.15) is 12.3 Å². The minimum absolute atomic E-state index is 0.207. The molecule has 1 aliphatic rings. The zero-order chi connectivity index (χ0) is 20.6. The van der Waals surface area contributed by atoms with Gasteiger partial charge in [-0.05, 0) is 18.9 Å². The van der Waals surface area contributed by atoms with E-state index >= 15 is 0 Å². The number of benzene rings is 1. The number of nitrogens with one attached hydrogen (secondary N) is 1. The Kier molecular flexibility index (Phi) is 7.08. The Labute approximate surface area is 170 Å². The molecule has 1 aliphatic heterocycles. The van der Waals surface area contributed by atoms with Crippen LogP contribution in [0.1, 0.15) is 38.3 Å². The first-order valence-electron chi connectivity index (χ1n) is 10.1. The molecule has 0 bridgehead atoms. The molecule has 0 radical (unpaired) electrons. The topological polar surface area (TPSA) is 95.0 Å². The number of rotatable bonds is 4. The average molecular weight is 393 g/mol. The van der Waals surface area contributed by atoms with Crippen molar-refractivity contribution in [3.05, 3.63) is 54.5 Å². The van der Waals surface area contributed by atoms with Crippen molar-refractivity contribution in [2.45, 2.75) is 32.6 Å². The van der Waals surface area contributed by atoms with E-state index in [1.165, 1.54) is 0 Å². The highest BCUT2D eigenvalue weighted by Crippen LogP contribution is 2.39. The summed E-state index contributed by atoms with van der Waals surface area (Å²) in [5.41, 5.74) is 5.02.